The number of hydrogen-bond acceptors (Lipinski definition) is 7. The predicted octanol–water partition coefficient (Wildman–Crippen LogP) is -0.0418. The lowest BCUT2D eigenvalue weighted by Gasteiger charge is -2.36. The second-order valence-electron chi connectivity index (χ2n) is 5.67. The van der Waals surface area contributed by atoms with Gasteiger partial charge in [-0.25, -0.2) is 4.98 Å². The number of aliphatic hydroxyl groups excluding tert-OH is 1. The quantitative estimate of drug-likeness (QED) is 0.823. The van der Waals surface area contributed by atoms with Crippen LogP contribution in [-0.4, -0.2) is 91.6 Å². The number of ether oxygens (including phenoxy) is 1. The highest BCUT2D eigenvalue weighted by Gasteiger charge is 2.22. The lowest BCUT2D eigenvalue weighted by Crippen LogP contribution is -2.50. The maximum absolute atomic E-state index is 10.3. The predicted molar refractivity (Wildman–Crippen MR) is 84.0 cm³/mol. The first-order chi connectivity index (χ1) is 10.3. The minimum Gasteiger partial charge on any atom is -0.390 e. The Hall–Kier alpha value is -0.730. The topological polar surface area (TPSA) is 52.1 Å². The van der Waals surface area contributed by atoms with Gasteiger partial charge in [0, 0.05) is 63.9 Å². The van der Waals surface area contributed by atoms with Crippen LogP contribution in [-0.2, 0) is 4.74 Å². The van der Waals surface area contributed by atoms with Gasteiger partial charge in [0.25, 0.3) is 0 Å². The van der Waals surface area contributed by atoms with Gasteiger partial charge in [0.05, 0.1) is 19.3 Å². The zero-order chi connectivity index (χ0) is 14.5. The summed E-state index contributed by atoms with van der Waals surface area (Å²) in [4.78, 5) is 11.3. The molecule has 0 aliphatic carbocycles. The Kier molecular flexibility index (Phi) is 5.43. The molecular weight excluding hydrogens is 288 g/mol. The molecule has 1 atom stereocenters. The number of hydrogen-bond donors (Lipinski definition) is 1. The van der Waals surface area contributed by atoms with Gasteiger partial charge in [-0.05, 0) is 0 Å². The van der Waals surface area contributed by atoms with Gasteiger partial charge in [-0.2, -0.15) is 0 Å². The van der Waals surface area contributed by atoms with Crippen molar-refractivity contribution >= 4 is 16.5 Å². The van der Waals surface area contributed by atoms with E-state index in [1.807, 2.05) is 11.6 Å². The number of β-amino-alcohol motifs (C(OH)–C–C–N with tert-alkyl or cyclic N) is 1. The Morgan fingerprint density at radius 1 is 1.10 bits per heavy atom. The molecule has 21 heavy (non-hydrogen) atoms. The fourth-order valence-electron chi connectivity index (χ4n) is 2.93. The van der Waals surface area contributed by atoms with Crippen LogP contribution in [0.5, 0.6) is 0 Å². The van der Waals surface area contributed by atoms with Gasteiger partial charge in [0.15, 0.2) is 5.13 Å². The van der Waals surface area contributed by atoms with Crippen molar-refractivity contribution in [3.05, 3.63) is 11.6 Å². The first kappa shape index (κ1) is 15.2. The zero-order valence-corrected chi connectivity index (χ0v) is 13.2. The summed E-state index contributed by atoms with van der Waals surface area (Å²) in [5.74, 6) is 0. The van der Waals surface area contributed by atoms with Gasteiger partial charge in [-0.3, -0.25) is 9.80 Å². The Morgan fingerprint density at radius 2 is 1.76 bits per heavy atom. The standard InChI is InChI=1S/C14H24N4O2S/c19-13(12-17-6-8-20-9-7-17)11-16-2-4-18(5-3-16)14-15-1-10-21-14/h1,10,13,19H,2-9,11-12H2. The average Bonchev–Trinajstić information content (AvgIpc) is 3.03. The molecule has 6 nitrogen and oxygen atoms in total. The molecule has 118 valence electrons. The molecule has 2 saturated heterocycles. The van der Waals surface area contributed by atoms with Crippen molar-refractivity contribution < 1.29 is 9.84 Å². The molecule has 2 aliphatic rings. The molecule has 1 aromatic rings. The summed E-state index contributed by atoms with van der Waals surface area (Å²) in [6.45, 7) is 8.98. The summed E-state index contributed by atoms with van der Waals surface area (Å²) < 4.78 is 5.33. The van der Waals surface area contributed by atoms with Crippen molar-refractivity contribution in [1.82, 2.24) is 14.8 Å². The highest BCUT2D eigenvalue weighted by Crippen LogP contribution is 2.18. The average molecular weight is 312 g/mol. The molecule has 1 N–H and O–H groups in total. The molecule has 3 rings (SSSR count). The van der Waals surface area contributed by atoms with Gasteiger partial charge >= 0.3 is 0 Å². The lowest BCUT2D eigenvalue weighted by molar-refractivity contribution is 0.00656. The van der Waals surface area contributed by atoms with Gasteiger partial charge in [-0.1, -0.05) is 0 Å². The molecule has 0 radical (unpaired) electrons. The van der Waals surface area contributed by atoms with Crippen molar-refractivity contribution in [3.8, 4) is 0 Å². The van der Waals surface area contributed by atoms with E-state index < -0.39 is 0 Å². The Morgan fingerprint density at radius 3 is 2.38 bits per heavy atom. The molecular formula is C14H24N4O2S. The SMILES string of the molecule is OC(CN1CCOCC1)CN1CCN(c2nccs2)CC1. The van der Waals surface area contributed by atoms with Crippen LogP contribution in [0.25, 0.3) is 0 Å². The molecule has 1 unspecified atom stereocenters. The maximum Gasteiger partial charge on any atom is 0.185 e. The zero-order valence-electron chi connectivity index (χ0n) is 12.4. The fraction of sp³-hybridized carbons (Fsp3) is 0.786. The van der Waals surface area contributed by atoms with Crippen LogP contribution in [0.15, 0.2) is 11.6 Å². The van der Waals surface area contributed by atoms with E-state index >= 15 is 0 Å². The number of morpholine rings is 1. The third kappa shape index (κ3) is 4.37. The first-order valence-electron chi connectivity index (χ1n) is 7.66. The van der Waals surface area contributed by atoms with Crippen LogP contribution in [0.3, 0.4) is 0 Å². The van der Waals surface area contributed by atoms with E-state index in [0.29, 0.717) is 0 Å². The van der Waals surface area contributed by atoms with Crippen LogP contribution >= 0.6 is 11.3 Å². The number of aromatic nitrogens is 1. The maximum atomic E-state index is 10.3. The summed E-state index contributed by atoms with van der Waals surface area (Å²) in [5.41, 5.74) is 0. The Balaban J connectivity index is 1.38. The molecule has 0 aromatic carbocycles. The van der Waals surface area contributed by atoms with E-state index in [-0.39, 0.29) is 6.10 Å². The number of nitrogens with zero attached hydrogens (tertiary/aromatic N) is 4. The molecule has 7 heteroatoms. The summed E-state index contributed by atoms with van der Waals surface area (Å²) in [6, 6.07) is 0. The minimum absolute atomic E-state index is 0.269. The van der Waals surface area contributed by atoms with Crippen molar-refractivity contribution in [1.29, 1.82) is 0 Å². The summed E-state index contributed by atoms with van der Waals surface area (Å²) in [6.07, 6.45) is 1.59. The van der Waals surface area contributed by atoms with Crippen LogP contribution < -0.4 is 4.90 Å². The molecule has 1 aromatic heterocycles. The summed E-state index contributed by atoms with van der Waals surface area (Å²) in [7, 11) is 0. The highest BCUT2D eigenvalue weighted by atomic mass is 32.1. The number of rotatable bonds is 5. The molecule has 0 saturated carbocycles. The lowest BCUT2D eigenvalue weighted by atomic mass is 10.2. The molecule has 3 heterocycles. The largest absolute Gasteiger partial charge is 0.390 e. The van der Waals surface area contributed by atoms with Crippen LogP contribution in [0.1, 0.15) is 0 Å². The van der Waals surface area contributed by atoms with Gasteiger partial charge < -0.3 is 14.7 Å². The van der Waals surface area contributed by atoms with Crippen molar-refractivity contribution in [2.75, 3.05) is 70.5 Å². The smallest absolute Gasteiger partial charge is 0.185 e. The van der Waals surface area contributed by atoms with Crippen LogP contribution in [0, 0.1) is 0 Å². The monoisotopic (exact) mass is 312 g/mol. The van der Waals surface area contributed by atoms with E-state index in [1.165, 1.54) is 0 Å². The van der Waals surface area contributed by atoms with Crippen molar-refractivity contribution in [2.45, 2.75) is 6.10 Å². The van der Waals surface area contributed by atoms with Crippen molar-refractivity contribution in [2.24, 2.45) is 0 Å². The summed E-state index contributed by atoms with van der Waals surface area (Å²) in [5, 5.41) is 13.4. The van der Waals surface area contributed by atoms with E-state index in [1.54, 1.807) is 11.3 Å². The highest BCUT2D eigenvalue weighted by molar-refractivity contribution is 7.13. The Labute approximate surface area is 129 Å². The van der Waals surface area contributed by atoms with Crippen LogP contribution in [0.4, 0.5) is 5.13 Å². The molecule has 2 fully saturated rings. The van der Waals surface area contributed by atoms with Crippen LogP contribution in [0.2, 0.25) is 0 Å². The Bertz CT molecular complexity index is 403. The van der Waals surface area contributed by atoms with E-state index in [4.69, 9.17) is 4.74 Å². The molecule has 0 amide bonds. The first-order valence-corrected chi connectivity index (χ1v) is 8.54. The van der Waals surface area contributed by atoms with Crippen molar-refractivity contribution in [3.63, 3.8) is 0 Å². The van der Waals surface area contributed by atoms with E-state index in [2.05, 4.69) is 19.7 Å². The van der Waals surface area contributed by atoms with Gasteiger partial charge in [0.2, 0.25) is 0 Å². The van der Waals surface area contributed by atoms with Gasteiger partial charge in [0.1, 0.15) is 0 Å². The second-order valence-corrected chi connectivity index (χ2v) is 6.54. The fourth-order valence-corrected chi connectivity index (χ4v) is 3.63. The van der Waals surface area contributed by atoms with Gasteiger partial charge in [-0.15, -0.1) is 11.3 Å². The molecule has 0 bridgehead atoms. The number of anilines is 1. The number of thiazole rings is 1. The van der Waals surface area contributed by atoms with E-state index in [9.17, 15) is 5.11 Å². The minimum atomic E-state index is -0.269. The third-order valence-corrected chi connectivity index (χ3v) is 4.94. The molecule has 0 spiro atoms. The van der Waals surface area contributed by atoms with E-state index in [0.717, 1.165) is 70.7 Å². The summed E-state index contributed by atoms with van der Waals surface area (Å²) >= 11 is 1.70. The number of piperazine rings is 1. The third-order valence-electron chi connectivity index (χ3n) is 4.10. The second kappa shape index (κ2) is 7.51. The normalized spacial score (nSPS) is 23.4. The number of aliphatic hydroxyl groups is 1. The molecule has 2 aliphatic heterocycles.